The molecule has 0 saturated heterocycles. The van der Waals surface area contributed by atoms with Gasteiger partial charge >= 0.3 is 0 Å². The second-order valence-corrected chi connectivity index (χ2v) is 7.36. The summed E-state index contributed by atoms with van der Waals surface area (Å²) >= 11 is 0. The van der Waals surface area contributed by atoms with E-state index in [1.807, 2.05) is 31.2 Å². The normalized spacial score (nSPS) is 14.8. The fourth-order valence-electron chi connectivity index (χ4n) is 2.58. The van der Waals surface area contributed by atoms with Crippen molar-refractivity contribution in [1.29, 1.82) is 0 Å². The lowest BCUT2D eigenvalue weighted by atomic mass is 10.1. The van der Waals surface area contributed by atoms with Crippen LogP contribution >= 0.6 is 0 Å². The second kappa shape index (κ2) is 7.33. The molecule has 2 aromatic carbocycles. The molecular formula is C18H21NO5S. The summed E-state index contributed by atoms with van der Waals surface area (Å²) in [6, 6.07) is 11.6. The Hall–Kier alpha value is -2.25. The van der Waals surface area contributed by atoms with Gasteiger partial charge in [-0.2, -0.15) is 0 Å². The van der Waals surface area contributed by atoms with Crippen molar-refractivity contribution in [2.45, 2.75) is 24.8 Å². The van der Waals surface area contributed by atoms with Crippen molar-refractivity contribution in [2.24, 2.45) is 0 Å². The summed E-state index contributed by atoms with van der Waals surface area (Å²) in [4.78, 5) is 0.148. The summed E-state index contributed by atoms with van der Waals surface area (Å²) in [5.74, 6) is 1.76. The highest BCUT2D eigenvalue weighted by atomic mass is 32.2. The van der Waals surface area contributed by atoms with E-state index in [0.29, 0.717) is 31.3 Å². The van der Waals surface area contributed by atoms with Crippen LogP contribution in [0.25, 0.3) is 0 Å². The Balaban J connectivity index is 1.76. The molecule has 1 atom stereocenters. The number of sulfonamides is 1. The van der Waals surface area contributed by atoms with Crippen LogP contribution in [0.15, 0.2) is 47.4 Å². The fraction of sp³-hybridized carbons (Fsp3) is 0.333. The third-order valence-corrected chi connectivity index (χ3v) is 5.39. The van der Waals surface area contributed by atoms with Gasteiger partial charge in [0.1, 0.15) is 19.0 Å². The van der Waals surface area contributed by atoms with Crippen molar-refractivity contribution >= 4 is 10.0 Å². The number of hydrogen-bond acceptors (Lipinski definition) is 5. The van der Waals surface area contributed by atoms with Crippen LogP contribution in [-0.4, -0.2) is 28.2 Å². The first-order valence-corrected chi connectivity index (χ1v) is 9.62. The summed E-state index contributed by atoms with van der Waals surface area (Å²) in [5, 5.41) is 0. The summed E-state index contributed by atoms with van der Waals surface area (Å²) < 4.78 is 44.2. The van der Waals surface area contributed by atoms with Gasteiger partial charge in [-0.25, -0.2) is 13.1 Å². The van der Waals surface area contributed by atoms with Gasteiger partial charge in [-0.05, 0) is 43.7 Å². The first-order valence-electron chi connectivity index (χ1n) is 8.14. The van der Waals surface area contributed by atoms with Gasteiger partial charge in [-0.15, -0.1) is 0 Å². The first kappa shape index (κ1) is 17.6. The molecule has 1 heterocycles. The van der Waals surface area contributed by atoms with Crippen LogP contribution in [0.4, 0.5) is 0 Å². The van der Waals surface area contributed by atoms with Crippen molar-refractivity contribution in [3.63, 3.8) is 0 Å². The Bertz CT molecular complexity index is 833. The van der Waals surface area contributed by atoms with E-state index in [-0.39, 0.29) is 10.9 Å². The number of ether oxygens (including phenoxy) is 3. The molecule has 0 radical (unpaired) electrons. The summed E-state index contributed by atoms with van der Waals surface area (Å²) in [5.41, 5.74) is 0.851. The largest absolute Gasteiger partial charge is 0.494 e. The molecule has 0 amide bonds. The van der Waals surface area contributed by atoms with Crippen molar-refractivity contribution < 1.29 is 22.6 Å². The minimum absolute atomic E-state index is 0.148. The molecule has 0 saturated carbocycles. The molecular weight excluding hydrogens is 342 g/mol. The average molecular weight is 363 g/mol. The predicted octanol–water partition coefficient (Wildman–Crippen LogP) is 2.90. The molecule has 6 nitrogen and oxygen atoms in total. The monoisotopic (exact) mass is 363 g/mol. The Morgan fingerprint density at radius 1 is 1.08 bits per heavy atom. The van der Waals surface area contributed by atoms with E-state index in [1.54, 1.807) is 13.0 Å². The molecule has 134 valence electrons. The molecule has 1 N–H and O–H groups in total. The maximum absolute atomic E-state index is 12.6. The number of rotatable bonds is 6. The third kappa shape index (κ3) is 4.05. The lowest BCUT2D eigenvalue weighted by molar-refractivity contribution is 0.171. The Labute approximate surface area is 147 Å². The maximum atomic E-state index is 12.6. The van der Waals surface area contributed by atoms with Gasteiger partial charge in [0, 0.05) is 12.1 Å². The first-order chi connectivity index (χ1) is 12.0. The number of fused-ring (bicyclic) bond motifs is 1. The van der Waals surface area contributed by atoms with Gasteiger partial charge in [0.15, 0.2) is 11.5 Å². The Morgan fingerprint density at radius 3 is 2.44 bits per heavy atom. The van der Waals surface area contributed by atoms with Crippen LogP contribution < -0.4 is 18.9 Å². The van der Waals surface area contributed by atoms with Crippen molar-refractivity contribution in [3.05, 3.63) is 48.0 Å². The van der Waals surface area contributed by atoms with Crippen LogP contribution in [0.3, 0.4) is 0 Å². The zero-order chi connectivity index (χ0) is 17.9. The van der Waals surface area contributed by atoms with Crippen LogP contribution in [-0.2, 0) is 10.0 Å². The van der Waals surface area contributed by atoms with Gasteiger partial charge in [-0.1, -0.05) is 12.1 Å². The Morgan fingerprint density at radius 2 is 1.76 bits per heavy atom. The van der Waals surface area contributed by atoms with E-state index in [9.17, 15) is 8.42 Å². The van der Waals surface area contributed by atoms with Gasteiger partial charge in [0.05, 0.1) is 11.5 Å². The summed E-state index contributed by atoms with van der Waals surface area (Å²) in [6.45, 7) is 5.17. The van der Waals surface area contributed by atoms with Crippen molar-refractivity contribution in [3.8, 4) is 17.2 Å². The number of nitrogens with one attached hydrogen (secondary N) is 1. The van der Waals surface area contributed by atoms with Gasteiger partial charge in [0.2, 0.25) is 10.0 Å². The standard InChI is InChI=1S/C18H21NO5S/c1-3-22-15-6-4-14(5-7-15)13(2)19-25(20,21)16-8-9-17-18(12-16)24-11-10-23-17/h4-9,12-13,19H,3,10-11H2,1-2H3. The van der Waals surface area contributed by atoms with Crippen LogP contribution in [0.5, 0.6) is 17.2 Å². The fourth-order valence-corrected chi connectivity index (χ4v) is 3.83. The van der Waals surface area contributed by atoms with E-state index < -0.39 is 10.0 Å². The molecule has 3 rings (SSSR count). The molecule has 0 spiro atoms. The molecule has 2 aromatic rings. The van der Waals surface area contributed by atoms with E-state index in [1.165, 1.54) is 12.1 Å². The van der Waals surface area contributed by atoms with E-state index in [4.69, 9.17) is 14.2 Å². The quantitative estimate of drug-likeness (QED) is 0.854. The van der Waals surface area contributed by atoms with Crippen molar-refractivity contribution in [2.75, 3.05) is 19.8 Å². The maximum Gasteiger partial charge on any atom is 0.241 e. The predicted molar refractivity (Wildman–Crippen MR) is 93.8 cm³/mol. The number of benzene rings is 2. The third-order valence-electron chi connectivity index (χ3n) is 3.85. The molecule has 0 aliphatic carbocycles. The molecule has 1 aliphatic rings. The summed E-state index contributed by atoms with van der Waals surface area (Å²) in [7, 11) is -3.68. The molecule has 0 aromatic heterocycles. The van der Waals surface area contributed by atoms with Gasteiger partial charge < -0.3 is 14.2 Å². The van der Waals surface area contributed by atoms with Crippen LogP contribution in [0.1, 0.15) is 25.5 Å². The van der Waals surface area contributed by atoms with Crippen LogP contribution in [0, 0.1) is 0 Å². The lowest BCUT2D eigenvalue weighted by Crippen LogP contribution is -2.27. The van der Waals surface area contributed by atoms with E-state index >= 15 is 0 Å². The highest BCUT2D eigenvalue weighted by molar-refractivity contribution is 7.89. The highest BCUT2D eigenvalue weighted by Crippen LogP contribution is 2.32. The second-order valence-electron chi connectivity index (χ2n) is 5.65. The minimum Gasteiger partial charge on any atom is -0.494 e. The lowest BCUT2D eigenvalue weighted by Gasteiger charge is -2.20. The smallest absolute Gasteiger partial charge is 0.241 e. The molecule has 25 heavy (non-hydrogen) atoms. The SMILES string of the molecule is CCOc1ccc(C(C)NS(=O)(=O)c2ccc3c(c2)OCCO3)cc1. The zero-order valence-corrected chi connectivity index (χ0v) is 15.0. The zero-order valence-electron chi connectivity index (χ0n) is 14.2. The molecule has 1 unspecified atom stereocenters. The van der Waals surface area contributed by atoms with Gasteiger partial charge in [-0.3, -0.25) is 0 Å². The molecule has 0 bridgehead atoms. The topological polar surface area (TPSA) is 73.9 Å². The minimum atomic E-state index is -3.68. The van der Waals surface area contributed by atoms with E-state index in [0.717, 1.165) is 11.3 Å². The highest BCUT2D eigenvalue weighted by Gasteiger charge is 2.21. The molecule has 7 heteroatoms. The van der Waals surface area contributed by atoms with Crippen LogP contribution in [0.2, 0.25) is 0 Å². The van der Waals surface area contributed by atoms with Crippen molar-refractivity contribution in [1.82, 2.24) is 4.72 Å². The average Bonchev–Trinajstić information content (AvgIpc) is 2.62. The molecule has 1 aliphatic heterocycles. The van der Waals surface area contributed by atoms with Gasteiger partial charge in [0.25, 0.3) is 0 Å². The number of hydrogen-bond donors (Lipinski definition) is 1. The van der Waals surface area contributed by atoms with E-state index in [2.05, 4.69) is 4.72 Å². The summed E-state index contributed by atoms with van der Waals surface area (Å²) in [6.07, 6.45) is 0. The Kier molecular flexibility index (Phi) is 5.15. The molecule has 0 fully saturated rings.